The normalized spacial score (nSPS) is 25.2. The fraction of sp³-hybridized carbons (Fsp3) is 0.688. The van der Waals surface area contributed by atoms with E-state index < -0.39 is 0 Å². The van der Waals surface area contributed by atoms with Gasteiger partial charge in [-0.1, -0.05) is 0 Å². The van der Waals surface area contributed by atoms with Crippen molar-refractivity contribution in [3.63, 3.8) is 0 Å². The predicted octanol–water partition coefficient (Wildman–Crippen LogP) is 1.36. The highest BCUT2D eigenvalue weighted by Gasteiger charge is 2.34. The number of morpholine rings is 1. The van der Waals surface area contributed by atoms with Gasteiger partial charge >= 0.3 is 0 Å². The highest BCUT2D eigenvalue weighted by molar-refractivity contribution is 7.99. The quantitative estimate of drug-likeness (QED) is 0.842. The number of aromatic nitrogens is 1. The predicted molar refractivity (Wildman–Crippen MR) is 89.0 cm³/mol. The second-order valence-corrected chi connectivity index (χ2v) is 7.22. The largest absolute Gasteiger partial charge is 0.377 e. The Morgan fingerprint density at radius 2 is 2.14 bits per heavy atom. The van der Waals surface area contributed by atoms with Gasteiger partial charge in [0.15, 0.2) is 0 Å². The van der Waals surface area contributed by atoms with Crippen molar-refractivity contribution in [3.8, 4) is 0 Å². The van der Waals surface area contributed by atoms with Crippen LogP contribution in [0.1, 0.15) is 18.7 Å². The van der Waals surface area contributed by atoms with Gasteiger partial charge in [0.1, 0.15) is 0 Å². The van der Waals surface area contributed by atoms with Crippen molar-refractivity contribution >= 4 is 17.7 Å². The van der Waals surface area contributed by atoms with Crippen LogP contribution < -0.4 is 0 Å². The maximum atomic E-state index is 13.0. The van der Waals surface area contributed by atoms with E-state index in [0.29, 0.717) is 19.8 Å². The van der Waals surface area contributed by atoms with Crippen molar-refractivity contribution in [3.05, 3.63) is 24.0 Å². The second-order valence-electron chi connectivity index (χ2n) is 5.99. The topological polar surface area (TPSA) is 37.7 Å². The summed E-state index contributed by atoms with van der Waals surface area (Å²) < 4.78 is 7.73. The highest BCUT2D eigenvalue weighted by atomic mass is 32.2. The van der Waals surface area contributed by atoms with Gasteiger partial charge < -0.3 is 14.2 Å². The molecule has 0 spiro atoms. The Morgan fingerprint density at radius 3 is 2.82 bits per heavy atom. The lowest BCUT2D eigenvalue weighted by Crippen LogP contribution is -2.53. The van der Waals surface area contributed by atoms with E-state index in [1.54, 1.807) is 0 Å². The first-order valence-electron chi connectivity index (χ1n) is 7.99. The van der Waals surface area contributed by atoms with Gasteiger partial charge in [0.05, 0.1) is 25.3 Å². The molecule has 3 rings (SSSR count). The average Bonchev–Trinajstić information content (AvgIpc) is 3.00. The average molecular weight is 323 g/mol. The number of rotatable bonds is 3. The van der Waals surface area contributed by atoms with Crippen LogP contribution in [0.2, 0.25) is 0 Å². The van der Waals surface area contributed by atoms with E-state index in [1.807, 2.05) is 36.0 Å². The Morgan fingerprint density at radius 1 is 1.36 bits per heavy atom. The number of ether oxygens (including phenoxy) is 1. The third kappa shape index (κ3) is 3.19. The lowest BCUT2D eigenvalue weighted by molar-refractivity contribution is -0.145. The van der Waals surface area contributed by atoms with Gasteiger partial charge in [0, 0.05) is 50.1 Å². The molecule has 2 aliphatic rings. The molecule has 0 radical (unpaired) electrons. The molecule has 0 aliphatic carbocycles. The zero-order chi connectivity index (χ0) is 15.5. The van der Waals surface area contributed by atoms with Crippen molar-refractivity contribution in [1.29, 1.82) is 0 Å². The third-order valence-electron chi connectivity index (χ3n) is 4.69. The maximum Gasteiger partial charge on any atom is 0.240 e. The number of hydrogen-bond donors (Lipinski definition) is 0. The summed E-state index contributed by atoms with van der Waals surface area (Å²) in [6.07, 6.45) is 2.03. The maximum absolute atomic E-state index is 13.0. The lowest BCUT2D eigenvalue weighted by atomic mass is 10.1. The van der Waals surface area contributed by atoms with Crippen LogP contribution >= 0.6 is 11.8 Å². The van der Waals surface area contributed by atoms with E-state index in [9.17, 15) is 4.79 Å². The smallest absolute Gasteiger partial charge is 0.240 e. The minimum atomic E-state index is -0.0400. The summed E-state index contributed by atoms with van der Waals surface area (Å²) in [5.41, 5.74) is 1.15. The molecular formula is C16H25N3O2S. The third-order valence-corrected chi connectivity index (χ3v) is 5.63. The summed E-state index contributed by atoms with van der Waals surface area (Å²) in [4.78, 5) is 17.4. The molecule has 0 aromatic carbocycles. The zero-order valence-electron chi connectivity index (χ0n) is 13.4. The monoisotopic (exact) mass is 323 g/mol. The minimum Gasteiger partial charge on any atom is -0.377 e. The Balaban J connectivity index is 1.75. The molecule has 1 amide bonds. The van der Waals surface area contributed by atoms with E-state index in [0.717, 1.165) is 30.3 Å². The van der Waals surface area contributed by atoms with Gasteiger partial charge in [-0.3, -0.25) is 9.69 Å². The summed E-state index contributed by atoms with van der Waals surface area (Å²) in [5.74, 6) is 2.49. The first-order chi connectivity index (χ1) is 10.7. The molecule has 0 N–H and O–H groups in total. The molecule has 1 aromatic rings. The van der Waals surface area contributed by atoms with Crippen LogP contribution in [0.5, 0.6) is 0 Å². The van der Waals surface area contributed by atoms with Crippen molar-refractivity contribution in [2.45, 2.75) is 19.0 Å². The highest BCUT2D eigenvalue weighted by Crippen LogP contribution is 2.26. The summed E-state index contributed by atoms with van der Waals surface area (Å²) in [6, 6.07) is 4.10. The summed E-state index contributed by atoms with van der Waals surface area (Å²) >= 11 is 1.97. The standard InChI is InChI=1S/C16H25N3O2S/c1-13(18-7-10-22-11-8-18)16(20)19-6-9-21-12-15(19)14-4-3-5-17(14)2/h3-5,13,15H,6-12H2,1-2H3. The van der Waals surface area contributed by atoms with Crippen LogP contribution in [-0.2, 0) is 16.6 Å². The van der Waals surface area contributed by atoms with Gasteiger partial charge in [0.25, 0.3) is 0 Å². The number of carbonyl (C=O) groups is 1. The molecule has 2 aliphatic heterocycles. The number of hydrogen-bond acceptors (Lipinski definition) is 4. The molecule has 2 fully saturated rings. The molecule has 3 heterocycles. The Kier molecular flexibility index (Phi) is 5.10. The molecule has 2 unspecified atom stereocenters. The van der Waals surface area contributed by atoms with Crippen molar-refractivity contribution in [1.82, 2.24) is 14.4 Å². The SMILES string of the molecule is CC(C(=O)N1CCOCC1c1cccn1C)N1CCSCC1. The van der Waals surface area contributed by atoms with E-state index >= 15 is 0 Å². The van der Waals surface area contributed by atoms with E-state index in [-0.39, 0.29) is 18.0 Å². The summed E-state index contributed by atoms with van der Waals surface area (Å²) in [6.45, 7) is 5.98. The van der Waals surface area contributed by atoms with Crippen molar-refractivity contribution in [2.75, 3.05) is 44.4 Å². The van der Waals surface area contributed by atoms with E-state index in [1.165, 1.54) is 0 Å². The van der Waals surface area contributed by atoms with Crippen LogP contribution in [-0.4, -0.2) is 70.7 Å². The van der Waals surface area contributed by atoms with E-state index in [2.05, 4.69) is 22.5 Å². The van der Waals surface area contributed by atoms with Gasteiger partial charge in [-0.05, 0) is 19.1 Å². The minimum absolute atomic E-state index is 0.0304. The first kappa shape index (κ1) is 15.9. The number of nitrogens with zero attached hydrogens (tertiary/aromatic N) is 3. The van der Waals surface area contributed by atoms with Gasteiger partial charge in [-0.15, -0.1) is 0 Å². The number of thioether (sulfide) groups is 1. The molecule has 6 heteroatoms. The fourth-order valence-electron chi connectivity index (χ4n) is 3.29. The molecule has 2 atom stereocenters. The molecule has 2 saturated heterocycles. The van der Waals surface area contributed by atoms with Gasteiger partial charge in [-0.2, -0.15) is 11.8 Å². The van der Waals surface area contributed by atoms with Gasteiger partial charge in [0.2, 0.25) is 5.91 Å². The molecule has 0 bridgehead atoms. The molecule has 122 valence electrons. The molecule has 22 heavy (non-hydrogen) atoms. The number of carbonyl (C=O) groups excluding carboxylic acids is 1. The van der Waals surface area contributed by atoms with Gasteiger partial charge in [-0.25, -0.2) is 0 Å². The summed E-state index contributed by atoms with van der Waals surface area (Å²) in [5, 5.41) is 0. The number of aryl methyl sites for hydroxylation is 1. The van der Waals surface area contributed by atoms with Crippen LogP contribution in [0.3, 0.4) is 0 Å². The Bertz CT molecular complexity index is 513. The molecule has 5 nitrogen and oxygen atoms in total. The second kappa shape index (κ2) is 7.06. The Labute approximate surface area is 136 Å². The fourth-order valence-corrected chi connectivity index (χ4v) is 4.23. The lowest BCUT2D eigenvalue weighted by Gasteiger charge is -2.40. The summed E-state index contributed by atoms with van der Waals surface area (Å²) in [7, 11) is 2.03. The van der Waals surface area contributed by atoms with Crippen LogP contribution in [0, 0.1) is 0 Å². The van der Waals surface area contributed by atoms with Crippen molar-refractivity contribution < 1.29 is 9.53 Å². The molecule has 0 saturated carbocycles. The van der Waals surface area contributed by atoms with Crippen LogP contribution in [0.4, 0.5) is 0 Å². The molecular weight excluding hydrogens is 298 g/mol. The zero-order valence-corrected chi connectivity index (χ0v) is 14.2. The van der Waals surface area contributed by atoms with Crippen LogP contribution in [0.15, 0.2) is 18.3 Å². The van der Waals surface area contributed by atoms with E-state index in [4.69, 9.17) is 4.74 Å². The van der Waals surface area contributed by atoms with Crippen molar-refractivity contribution in [2.24, 2.45) is 7.05 Å². The first-order valence-corrected chi connectivity index (χ1v) is 9.15. The number of amides is 1. The van der Waals surface area contributed by atoms with Crippen LogP contribution in [0.25, 0.3) is 0 Å². The molecule has 1 aromatic heterocycles. The Hall–Kier alpha value is -0.980.